The Morgan fingerprint density at radius 3 is 2.84 bits per heavy atom. The van der Waals surface area contributed by atoms with E-state index in [1.54, 1.807) is 11.3 Å². The molecule has 0 bridgehead atoms. The SMILES string of the molecule is Cc1ccccc1-c1nnc(SCC(=O)NCCc2cccs2)n1C. The summed E-state index contributed by atoms with van der Waals surface area (Å²) in [6.45, 7) is 2.71. The molecular weight excluding hydrogens is 352 g/mol. The molecule has 3 aromatic rings. The Morgan fingerprint density at radius 1 is 1.24 bits per heavy atom. The number of benzene rings is 1. The van der Waals surface area contributed by atoms with Crippen molar-refractivity contribution in [2.24, 2.45) is 7.05 Å². The number of rotatable bonds is 7. The van der Waals surface area contributed by atoms with Gasteiger partial charge in [0.05, 0.1) is 5.75 Å². The molecule has 2 heterocycles. The van der Waals surface area contributed by atoms with Crippen molar-refractivity contribution < 1.29 is 4.79 Å². The molecule has 0 saturated heterocycles. The van der Waals surface area contributed by atoms with Crippen LogP contribution in [0, 0.1) is 6.92 Å². The quantitative estimate of drug-likeness (QED) is 0.647. The molecule has 5 nitrogen and oxygen atoms in total. The first-order valence-electron chi connectivity index (χ1n) is 8.02. The highest BCUT2D eigenvalue weighted by Gasteiger charge is 2.14. The van der Waals surface area contributed by atoms with Crippen molar-refractivity contribution in [3.8, 4) is 11.4 Å². The molecule has 1 aromatic carbocycles. The van der Waals surface area contributed by atoms with Crippen LogP contribution in [0.3, 0.4) is 0 Å². The van der Waals surface area contributed by atoms with Gasteiger partial charge in [0.2, 0.25) is 5.91 Å². The van der Waals surface area contributed by atoms with E-state index >= 15 is 0 Å². The fourth-order valence-electron chi connectivity index (χ4n) is 2.46. The molecule has 0 spiro atoms. The Hall–Kier alpha value is -2.12. The van der Waals surface area contributed by atoms with Gasteiger partial charge in [0.15, 0.2) is 11.0 Å². The zero-order valence-electron chi connectivity index (χ0n) is 14.2. The van der Waals surface area contributed by atoms with Gasteiger partial charge in [0.25, 0.3) is 0 Å². The summed E-state index contributed by atoms with van der Waals surface area (Å²) < 4.78 is 1.94. The molecule has 0 saturated carbocycles. The number of carbonyl (C=O) groups is 1. The molecule has 0 aliphatic heterocycles. The van der Waals surface area contributed by atoms with E-state index in [1.807, 2.05) is 41.3 Å². The molecule has 1 amide bonds. The predicted octanol–water partition coefficient (Wildman–Crippen LogP) is 3.30. The summed E-state index contributed by atoms with van der Waals surface area (Å²) in [6, 6.07) is 12.2. The second-order valence-corrected chi connectivity index (χ2v) is 7.62. The number of nitrogens with zero attached hydrogens (tertiary/aromatic N) is 3. The van der Waals surface area contributed by atoms with E-state index < -0.39 is 0 Å². The Kier molecular flexibility index (Phi) is 5.88. The minimum atomic E-state index is 0.0157. The van der Waals surface area contributed by atoms with E-state index in [4.69, 9.17) is 0 Å². The van der Waals surface area contributed by atoms with Crippen LogP contribution in [0.25, 0.3) is 11.4 Å². The summed E-state index contributed by atoms with van der Waals surface area (Å²) in [6.07, 6.45) is 0.871. The number of nitrogens with one attached hydrogen (secondary N) is 1. The van der Waals surface area contributed by atoms with Gasteiger partial charge in [-0.2, -0.15) is 0 Å². The van der Waals surface area contributed by atoms with E-state index in [1.165, 1.54) is 16.6 Å². The lowest BCUT2D eigenvalue weighted by Crippen LogP contribution is -2.27. The van der Waals surface area contributed by atoms with E-state index in [0.717, 1.165) is 28.5 Å². The van der Waals surface area contributed by atoms with Gasteiger partial charge in [-0.3, -0.25) is 4.79 Å². The first-order valence-corrected chi connectivity index (χ1v) is 9.89. The first-order chi connectivity index (χ1) is 12.1. The van der Waals surface area contributed by atoms with Crippen LogP contribution in [0.5, 0.6) is 0 Å². The standard InChI is InChI=1S/C18H20N4OS2/c1-13-6-3-4-8-15(13)17-20-21-18(22(17)2)25-12-16(23)19-10-9-14-7-5-11-24-14/h3-8,11H,9-10,12H2,1-2H3,(H,19,23). The van der Waals surface area contributed by atoms with Crippen LogP contribution in [0.4, 0.5) is 0 Å². The van der Waals surface area contributed by atoms with E-state index in [0.29, 0.717) is 12.3 Å². The Balaban J connectivity index is 1.53. The summed E-state index contributed by atoms with van der Waals surface area (Å²) >= 11 is 3.11. The van der Waals surface area contributed by atoms with Crippen molar-refractivity contribution in [2.45, 2.75) is 18.5 Å². The van der Waals surface area contributed by atoms with Crippen molar-refractivity contribution in [3.63, 3.8) is 0 Å². The van der Waals surface area contributed by atoms with Gasteiger partial charge >= 0.3 is 0 Å². The summed E-state index contributed by atoms with van der Waals surface area (Å²) in [7, 11) is 1.93. The number of carbonyl (C=O) groups excluding carboxylic acids is 1. The molecule has 0 aliphatic carbocycles. The molecule has 1 N–H and O–H groups in total. The highest BCUT2D eigenvalue weighted by molar-refractivity contribution is 7.99. The Morgan fingerprint density at radius 2 is 2.08 bits per heavy atom. The van der Waals surface area contributed by atoms with Crippen LogP contribution >= 0.6 is 23.1 Å². The summed E-state index contributed by atoms with van der Waals surface area (Å²) in [5.74, 6) is 1.17. The second-order valence-electron chi connectivity index (χ2n) is 5.65. The van der Waals surface area contributed by atoms with Crippen LogP contribution in [0.2, 0.25) is 0 Å². The zero-order chi connectivity index (χ0) is 17.6. The first kappa shape index (κ1) is 17.7. The molecule has 0 aliphatic rings. The average Bonchev–Trinajstić information content (AvgIpc) is 3.24. The van der Waals surface area contributed by atoms with Crippen LogP contribution in [0.1, 0.15) is 10.4 Å². The van der Waals surface area contributed by atoms with Crippen molar-refractivity contribution >= 4 is 29.0 Å². The number of thioether (sulfide) groups is 1. The number of hydrogen-bond donors (Lipinski definition) is 1. The van der Waals surface area contributed by atoms with E-state index in [2.05, 4.69) is 34.6 Å². The lowest BCUT2D eigenvalue weighted by molar-refractivity contribution is -0.118. The number of hydrogen-bond acceptors (Lipinski definition) is 5. The van der Waals surface area contributed by atoms with Gasteiger partial charge in [-0.1, -0.05) is 42.1 Å². The van der Waals surface area contributed by atoms with Crippen LogP contribution in [0.15, 0.2) is 46.9 Å². The maximum absolute atomic E-state index is 12.0. The van der Waals surface area contributed by atoms with Gasteiger partial charge in [0, 0.05) is 24.0 Å². The number of amides is 1. The molecule has 2 aromatic heterocycles. The van der Waals surface area contributed by atoms with Crippen LogP contribution < -0.4 is 5.32 Å². The molecule has 0 fully saturated rings. The molecule has 0 unspecified atom stereocenters. The summed E-state index contributed by atoms with van der Waals surface area (Å²) in [5, 5.41) is 14.2. The van der Waals surface area contributed by atoms with Gasteiger partial charge in [-0.05, 0) is 30.4 Å². The molecular formula is C18H20N4OS2. The Labute approximate surface area is 155 Å². The molecule has 3 rings (SSSR count). The van der Waals surface area contributed by atoms with Crippen molar-refractivity contribution in [3.05, 3.63) is 52.2 Å². The predicted molar refractivity (Wildman–Crippen MR) is 103 cm³/mol. The zero-order valence-corrected chi connectivity index (χ0v) is 15.9. The molecule has 130 valence electrons. The van der Waals surface area contributed by atoms with Crippen molar-refractivity contribution in [1.82, 2.24) is 20.1 Å². The third-order valence-corrected chi connectivity index (χ3v) is 5.78. The second kappa shape index (κ2) is 8.31. The molecule has 0 atom stereocenters. The highest BCUT2D eigenvalue weighted by Crippen LogP contribution is 2.24. The monoisotopic (exact) mass is 372 g/mol. The van der Waals surface area contributed by atoms with Gasteiger partial charge in [0.1, 0.15) is 0 Å². The van der Waals surface area contributed by atoms with Crippen LogP contribution in [-0.2, 0) is 18.3 Å². The third-order valence-electron chi connectivity index (χ3n) is 3.83. The number of aryl methyl sites for hydroxylation is 1. The molecule has 25 heavy (non-hydrogen) atoms. The average molecular weight is 373 g/mol. The highest BCUT2D eigenvalue weighted by atomic mass is 32.2. The van der Waals surface area contributed by atoms with Gasteiger partial charge < -0.3 is 9.88 Å². The van der Waals surface area contributed by atoms with Gasteiger partial charge in [-0.15, -0.1) is 21.5 Å². The maximum Gasteiger partial charge on any atom is 0.230 e. The fourth-order valence-corrected chi connectivity index (χ4v) is 3.91. The lowest BCUT2D eigenvalue weighted by Gasteiger charge is -2.06. The fraction of sp³-hybridized carbons (Fsp3) is 0.278. The number of aromatic nitrogens is 3. The number of thiophene rings is 1. The Bertz CT molecular complexity index is 843. The topological polar surface area (TPSA) is 59.8 Å². The minimum absolute atomic E-state index is 0.0157. The van der Waals surface area contributed by atoms with Crippen LogP contribution in [-0.4, -0.2) is 33.0 Å². The lowest BCUT2D eigenvalue weighted by atomic mass is 10.1. The largest absolute Gasteiger partial charge is 0.355 e. The molecule has 0 radical (unpaired) electrons. The smallest absolute Gasteiger partial charge is 0.230 e. The minimum Gasteiger partial charge on any atom is -0.355 e. The van der Waals surface area contributed by atoms with Crippen molar-refractivity contribution in [1.29, 1.82) is 0 Å². The van der Waals surface area contributed by atoms with E-state index in [9.17, 15) is 4.79 Å². The summed E-state index contributed by atoms with van der Waals surface area (Å²) in [5.41, 5.74) is 2.21. The maximum atomic E-state index is 12.0. The van der Waals surface area contributed by atoms with Gasteiger partial charge in [-0.25, -0.2) is 0 Å². The third kappa shape index (κ3) is 4.49. The molecule has 7 heteroatoms. The van der Waals surface area contributed by atoms with Crippen molar-refractivity contribution in [2.75, 3.05) is 12.3 Å². The summed E-state index contributed by atoms with van der Waals surface area (Å²) in [4.78, 5) is 13.3. The normalized spacial score (nSPS) is 10.8. The van der Waals surface area contributed by atoms with E-state index in [-0.39, 0.29) is 5.91 Å².